The maximum absolute atomic E-state index is 2.52. The van der Waals surface area contributed by atoms with Crippen molar-refractivity contribution in [2.45, 2.75) is 0 Å². The maximum Gasteiger partial charge on any atom is 0.0555 e. The van der Waals surface area contributed by atoms with E-state index in [9.17, 15) is 0 Å². The first-order chi connectivity index (χ1) is 27.3. The molecule has 9 aromatic carbocycles. The topological polar surface area (TPSA) is 3.24 Å². The summed E-state index contributed by atoms with van der Waals surface area (Å²) in [7, 11) is 0. The second-order valence-electron chi connectivity index (χ2n) is 14.0. The lowest BCUT2D eigenvalue weighted by atomic mass is 9.95. The number of hydrogen-bond acceptors (Lipinski definition) is 3. The van der Waals surface area contributed by atoms with E-state index in [2.05, 4.69) is 205 Å². The number of benzene rings is 9. The summed E-state index contributed by atoms with van der Waals surface area (Å²) in [4.78, 5) is 2.52. The molecule has 0 atom stereocenters. The molecule has 3 heteroatoms. The third-order valence-corrected chi connectivity index (χ3v) is 13.2. The van der Waals surface area contributed by atoms with Gasteiger partial charge in [-0.3, -0.25) is 0 Å². The van der Waals surface area contributed by atoms with Crippen molar-refractivity contribution < 1.29 is 0 Å². The molecule has 1 nitrogen and oxygen atoms in total. The molecular weight excluding hydrogens is 703 g/mol. The average Bonchev–Trinajstić information content (AvgIpc) is 3.83. The molecule has 0 radical (unpaired) electrons. The van der Waals surface area contributed by atoms with E-state index in [1.54, 1.807) is 0 Å². The van der Waals surface area contributed by atoms with Crippen molar-refractivity contribution in [3.63, 3.8) is 0 Å². The fourth-order valence-corrected chi connectivity index (χ4v) is 10.7. The molecule has 0 unspecified atom stereocenters. The molecule has 2 aromatic heterocycles. The lowest BCUT2D eigenvalue weighted by molar-refractivity contribution is 1.32. The molecule has 0 aliphatic rings. The van der Waals surface area contributed by atoms with Gasteiger partial charge in [0.1, 0.15) is 0 Å². The Morgan fingerprint density at radius 2 is 0.909 bits per heavy atom. The minimum absolute atomic E-state index is 1.14. The van der Waals surface area contributed by atoms with Gasteiger partial charge in [-0.15, -0.1) is 22.7 Å². The van der Waals surface area contributed by atoms with Gasteiger partial charge in [-0.25, -0.2) is 0 Å². The van der Waals surface area contributed by atoms with Gasteiger partial charge in [0.25, 0.3) is 0 Å². The average molecular weight is 736 g/mol. The molecule has 0 saturated heterocycles. The Kier molecular flexibility index (Phi) is 7.61. The Morgan fingerprint density at radius 1 is 0.309 bits per heavy atom. The van der Waals surface area contributed by atoms with E-state index >= 15 is 0 Å². The highest BCUT2D eigenvalue weighted by Gasteiger charge is 2.24. The van der Waals surface area contributed by atoms with Gasteiger partial charge in [0.2, 0.25) is 0 Å². The van der Waals surface area contributed by atoms with Crippen molar-refractivity contribution in [1.82, 2.24) is 0 Å². The van der Waals surface area contributed by atoms with Crippen LogP contribution in [0.4, 0.5) is 17.1 Å². The fourth-order valence-electron chi connectivity index (χ4n) is 8.31. The standard InChI is InChI=1S/C52H33NS2/c1-4-14-34(15-5-1)37-24-26-43-45-33-38(25-31-49(45)54-50(43)32-37)53(46-29-27-39(35-16-6-2-7-17-35)41-20-10-11-21-42(41)46)47-30-28-40(36-18-8-3-9-19-36)52-51(47)44-22-12-13-23-48(44)55-52/h1-33H. The van der Waals surface area contributed by atoms with Crippen LogP contribution in [-0.4, -0.2) is 0 Å². The van der Waals surface area contributed by atoms with Gasteiger partial charge in [0.15, 0.2) is 0 Å². The fraction of sp³-hybridized carbons (Fsp3) is 0. The van der Waals surface area contributed by atoms with E-state index in [0.29, 0.717) is 0 Å². The molecule has 258 valence electrons. The van der Waals surface area contributed by atoms with Crippen LogP contribution >= 0.6 is 22.7 Å². The van der Waals surface area contributed by atoms with E-state index in [1.165, 1.54) is 90.2 Å². The second-order valence-corrected chi connectivity index (χ2v) is 16.2. The first-order valence-electron chi connectivity index (χ1n) is 18.7. The molecule has 11 rings (SSSR count). The lowest BCUT2D eigenvalue weighted by Gasteiger charge is -2.29. The van der Waals surface area contributed by atoms with Gasteiger partial charge in [-0.05, 0) is 81.2 Å². The number of hydrogen-bond donors (Lipinski definition) is 0. The Hall–Kier alpha value is -6.52. The highest BCUT2D eigenvalue weighted by Crippen LogP contribution is 2.51. The minimum atomic E-state index is 1.14. The van der Waals surface area contributed by atoms with Crippen LogP contribution in [0.15, 0.2) is 200 Å². The van der Waals surface area contributed by atoms with Crippen LogP contribution in [0.2, 0.25) is 0 Å². The molecule has 0 fully saturated rings. The Labute approximate surface area is 327 Å². The van der Waals surface area contributed by atoms with Crippen molar-refractivity contribution in [2.75, 3.05) is 4.90 Å². The predicted octanol–water partition coefficient (Wildman–Crippen LogP) is 16.0. The molecule has 0 bridgehead atoms. The molecule has 0 aliphatic heterocycles. The number of anilines is 3. The van der Waals surface area contributed by atoms with E-state index in [0.717, 1.165) is 11.4 Å². The molecule has 11 aromatic rings. The third kappa shape index (κ3) is 5.35. The molecule has 0 spiro atoms. The molecular formula is C52H33NS2. The molecule has 0 N–H and O–H groups in total. The first-order valence-corrected chi connectivity index (χ1v) is 20.3. The van der Waals surface area contributed by atoms with Gasteiger partial charge in [-0.1, -0.05) is 158 Å². The van der Waals surface area contributed by atoms with Gasteiger partial charge in [0, 0.05) is 51.4 Å². The minimum Gasteiger partial charge on any atom is -0.309 e. The summed E-state index contributed by atoms with van der Waals surface area (Å²) in [6, 6.07) is 73.4. The van der Waals surface area contributed by atoms with Crippen molar-refractivity contribution in [3.8, 4) is 33.4 Å². The predicted molar refractivity (Wildman–Crippen MR) is 241 cm³/mol. The zero-order chi connectivity index (χ0) is 36.3. The number of fused-ring (bicyclic) bond motifs is 7. The number of rotatable bonds is 6. The van der Waals surface area contributed by atoms with E-state index < -0.39 is 0 Å². The van der Waals surface area contributed by atoms with Crippen molar-refractivity contribution in [1.29, 1.82) is 0 Å². The third-order valence-electron chi connectivity index (χ3n) is 10.9. The lowest BCUT2D eigenvalue weighted by Crippen LogP contribution is -2.11. The van der Waals surface area contributed by atoms with Crippen LogP contribution in [0, 0.1) is 0 Å². The Morgan fingerprint density at radius 3 is 1.67 bits per heavy atom. The Balaban J connectivity index is 1.20. The highest BCUT2D eigenvalue weighted by molar-refractivity contribution is 7.26. The van der Waals surface area contributed by atoms with Gasteiger partial charge in [0.05, 0.1) is 11.4 Å². The summed E-state index contributed by atoms with van der Waals surface area (Å²) in [6.45, 7) is 0. The summed E-state index contributed by atoms with van der Waals surface area (Å²) < 4.78 is 5.19. The SMILES string of the molecule is c1ccc(-c2ccc3c(c2)sc2ccc(N(c4ccc(-c5ccccc5)c5ccccc45)c4ccc(-c5ccccc5)c5sc6ccccc6c45)cc23)cc1. The largest absolute Gasteiger partial charge is 0.309 e. The van der Waals surface area contributed by atoms with Gasteiger partial charge >= 0.3 is 0 Å². The van der Waals surface area contributed by atoms with E-state index in [1.807, 2.05) is 22.7 Å². The summed E-state index contributed by atoms with van der Waals surface area (Å²) in [5, 5.41) is 7.57. The van der Waals surface area contributed by atoms with Crippen LogP contribution in [0.5, 0.6) is 0 Å². The molecule has 0 saturated carbocycles. The first kappa shape index (κ1) is 32.0. The smallest absolute Gasteiger partial charge is 0.0555 e. The van der Waals surface area contributed by atoms with Gasteiger partial charge < -0.3 is 4.90 Å². The van der Waals surface area contributed by atoms with Crippen molar-refractivity contribution in [3.05, 3.63) is 200 Å². The van der Waals surface area contributed by atoms with Crippen LogP contribution in [0.3, 0.4) is 0 Å². The van der Waals surface area contributed by atoms with Gasteiger partial charge in [-0.2, -0.15) is 0 Å². The van der Waals surface area contributed by atoms with Crippen molar-refractivity contribution >= 4 is 90.9 Å². The molecule has 0 amide bonds. The normalized spacial score (nSPS) is 11.6. The van der Waals surface area contributed by atoms with Crippen LogP contribution in [-0.2, 0) is 0 Å². The zero-order valence-electron chi connectivity index (χ0n) is 29.8. The van der Waals surface area contributed by atoms with Crippen LogP contribution in [0.1, 0.15) is 0 Å². The number of nitrogens with zero attached hydrogens (tertiary/aromatic N) is 1. The maximum atomic E-state index is 2.52. The second kappa shape index (κ2) is 13.1. The summed E-state index contributed by atoms with van der Waals surface area (Å²) >= 11 is 3.76. The Bertz CT molecular complexity index is 3200. The van der Waals surface area contributed by atoms with Crippen molar-refractivity contribution in [2.24, 2.45) is 0 Å². The van der Waals surface area contributed by atoms with E-state index in [-0.39, 0.29) is 0 Å². The molecule has 0 aliphatic carbocycles. The number of thiophene rings is 2. The van der Waals surface area contributed by atoms with Crippen LogP contribution in [0.25, 0.3) is 84.5 Å². The molecule has 55 heavy (non-hydrogen) atoms. The summed E-state index contributed by atoms with van der Waals surface area (Å²) in [5.74, 6) is 0. The zero-order valence-corrected chi connectivity index (χ0v) is 31.4. The summed E-state index contributed by atoms with van der Waals surface area (Å²) in [6.07, 6.45) is 0. The quantitative estimate of drug-likeness (QED) is 0.164. The van der Waals surface area contributed by atoms with E-state index in [4.69, 9.17) is 0 Å². The highest BCUT2D eigenvalue weighted by atomic mass is 32.1. The van der Waals surface area contributed by atoms with Crippen LogP contribution < -0.4 is 4.90 Å². The molecule has 2 heterocycles. The summed E-state index contributed by atoms with van der Waals surface area (Å²) in [5.41, 5.74) is 10.9. The monoisotopic (exact) mass is 735 g/mol.